The van der Waals surface area contributed by atoms with Gasteiger partial charge in [0.1, 0.15) is 0 Å². The van der Waals surface area contributed by atoms with Gasteiger partial charge in [-0.2, -0.15) is 0 Å². The Balaban J connectivity index is 1.59. The van der Waals surface area contributed by atoms with Crippen molar-refractivity contribution in [3.05, 3.63) is 66.2 Å². The number of hydrogen-bond acceptors (Lipinski definition) is 2. The number of nitrogens with zero attached hydrogens (tertiary/aromatic N) is 1. The van der Waals surface area contributed by atoms with E-state index in [1.807, 2.05) is 60.7 Å². The molecule has 1 heterocycles. The molecule has 4 heteroatoms. The number of benzene rings is 2. The highest BCUT2D eigenvalue weighted by molar-refractivity contribution is 6.00. The maximum atomic E-state index is 12.3. The molecule has 1 aliphatic rings. The molecule has 0 radical (unpaired) electrons. The lowest BCUT2D eigenvalue weighted by molar-refractivity contribution is -0.126. The smallest absolute Gasteiger partial charge is 0.227 e. The molecule has 0 bridgehead atoms. The van der Waals surface area contributed by atoms with Crippen LogP contribution in [0.1, 0.15) is 12.0 Å². The van der Waals surface area contributed by atoms with Gasteiger partial charge in [0.25, 0.3) is 0 Å². The van der Waals surface area contributed by atoms with Crippen molar-refractivity contribution in [3.8, 4) is 0 Å². The fourth-order valence-corrected chi connectivity index (χ4v) is 2.67. The standard InChI is InChI=1S/C18H18N2O2/c21-17-11-15(13-20(17)16-9-5-2-6-10-16)18(22)19-12-14-7-3-1-4-8-14/h1-10,15H,11-13H2,(H,19,22)/t15-/m0/s1. The zero-order chi connectivity index (χ0) is 15.4. The Labute approximate surface area is 129 Å². The van der Waals surface area contributed by atoms with Crippen LogP contribution in [0.25, 0.3) is 0 Å². The van der Waals surface area contributed by atoms with Crippen molar-refractivity contribution in [2.45, 2.75) is 13.0 Å². The van der Waals surface area contributed by atoms with Crippen LogP contribution in [0.2, 0.25) is 0 Å². The molecule has 3 rings (SSSR count). The van der Waals surface area contributed by atoms with Crippen LogP contribution in [0.15, 0.2) is 60.7 Å². The SMILES string of the molecule is O=C(NCc1ccccc1)[C@H]1CC(=O)N(c2ccccc2)C1. The van der Waals surface area contributed by atoms with Gasteiger partial charge in [0.05, 0.1) is 5.92 Å². The molecule has 22 heavy (non-hydrogen) atoms. The van der Waals surface area contributed by atoms with Crippen LogP contribution in [0.3, 0.4) is 0 Å². The van der Waals surface area contributed by atoms with Crippen LogP contribution in [0.5, 0.6) is 0 Å². The van der Waals surface area contributed by atoms with Crippen LogP contribution in [0.4, 0.5) is 5.69 Å². The summed E-state index contributed by atoms with van der Waals surface area (Å²) in [6.07, 6.45) is 0.273. The van der Waals surface area contributed by atoms with Gasteiger partial charge in [0.2, 0.25) is 11.8 Å². The minimum absolute atomic E-state index is 0.00561. The van der Waals surface area contributed by atoms with Crippen LogP contribution >= 0.6 is 0 Å². The third kappa shape index (κ3) is 3.17. The van der Waals surface area contributed by atoms with Gasteiger partial charge in [-0.25, -0.2) is 0 Å². The second-order valence-electron chi connectivity index (χ2n) is 5.44. The van der Waals surface area contributed by atoms with Crippen molar-refractivity contribution in [2.24, 2.45) is 5.92 Å². The molecule has 1 fully saturated rings. The minimum atomic E-state index is -0.281. The number of anilines is 1. The van der Waals surface area contributed by atoms with Gasteiger partial charge in [0, 0.05) is 25.2 Å². The fourth-order valence-electron chi connectivity index (χ4n) is 2.67. The van der Waals surface area contributed by atoms with Crippen molar-refractivity contribution in [1.29, 1.82) is 0 Å². The minimum Gasteiger partial charge on any atom is -0.352 e. The summed E-state index contributed by atoms with van der Waals surface area (Å²) in [5, 5.41) is 2.92. The Morgan fingerprint density at radius 2 is 1.68 bits per heavy atom. The summed E-state index contributed by atoms with van der Waals surface area (Å²) in [6, 6.07) is 19.2. The number of amides is 2. The van der Waals surface area contributed by atoms with E-state index in [9.17, 15) is 9.59 Å². The summed E-state index contributed by atoms with van der Waals surface area (Å²) >= 11 is 0. The molecule has 0 saturated carbocycles. The quantitative estimate of drug-likeness (QED) is 0.941. The molecule has 2 aromatic rings. The van der Waals surface area contributed by atoms with Crippen LogP contribution in [-0.2, 0) is 16.1 Å². The Kier molecular flexibility index (Phi) is 4.19. The summed E-state index contributed by atoms with van der Waals surface area (Å²) in [5.41, 5.74) is 1.91. The van der Waals surface area contributed by atoms with Crippen molar-refractivity contribution in [3.63, 3.8) is 0 Å². The van der Waals surface area contributed by atoms with Gasteiger partial charge < -0.3 is 10.2 Å². The molecule has 2 aromatic carbocycles. The second-order valence-corrected chi connectivity index (χ2v) is 5.44. The summed E-state index contributed by atoms with van der Waals surface area (Å²) in [6.45, 7) is 0.944. The third-order valence-corrected chi connectivity index (χ3v) is 3.87. The van der Waals surface area contributed by atoms with E-state index < -0.39 is 0 Å². The molecule has 0 aromatic heterocycles. The van der Waals surface area contributed by atoms with E-state index in [-0.39, 0.29) is 24.2 Å². The maximum Gasteiger partial charge on any atom is 0.227 e. The maximum absolute atomic E-state index is 12.3. The Morgan fingerprint density at radius 1 is 1.05 bits per heavy atom. The van der Waals surface area contributed by atoms with Gasteiger partial charge in [-0.05, 0) is 17.7 Å². The van der Waals surface area contributed by atoms with E-state index in [4.69, 9.17) is 0 Å². The molecule has 1 N–H and O–H groups in total. The van der Waals surface area contributed by atoms with Gasteiger partial charge in [-0.1, -0.05) is 48.5 Å². The van der Waals surface area contributed by atoms with E-state index in [1.54, 1.807) is 4.90 Å². The first-order valence-electron chi connectivity index (χ1n) is 7.41. The second kappa shape index (κ2) is 6.43. The number of para-hydroxylation sites is 1. The molecule has 0 aliphatic carbocycles. The summed E-state index contributed by atoms with van der Waals surface area (Å²) in [5.74, 6) is -0.335. The Bertz CT molecular complexity index is 655. The number of rotatable bonds is 4. The largest absolute Gasteiger partial charge is 0.352 e. The molecule has 1 aliphatic heterocycles. The average molecular weight is 294 g/mol. The molecule has 2 amide bonds. The van der Waals surface area contributed by atoms with Crippen molar-refractivity contribution < 1.29 is 9.59 Å². The monoisotopic (exact) mass is 294 g/mol. The predicted molar refractivity (Wildman–Crippen MR) is 85.2 cm³/mol. The van der Waals surface area contributed by atoms with E-state index in [0.717, 1.165) is 11.3 Å². The van der Waals surface area contributed by atoms with E-state index in [0.29, 0.717) is 13.1 Å². The summed E-state index contributed by atoms with van der Waals surface area (Å²) in [4.78, 5) is 26.0. The van der Waals surface area contributed by atoms with Gasteiger partial charge in [0.15, 0.2) is 0 Å². The Hall–Kier alpha value is -2.62. The van der Waals surface area contributed by atoms with E-state index in [1.165, 1.54) is 0 Å². The lowest BCUT2D eigenvalue weighted by Gasteiger charge is -2.16. The highest BCUT2D eigenvalue weighted by atomic mass is 16.2. The molecule has 1 atom stereocenters. The molecular weight excluding hydrogens is 276 g/mol. The fraction of sp³-hybridized carbons (Fsp3) is 0.222. The number of carbonyl (C=O) groups excluding carboxylic acids is 2. The number of nitrogens with one attached hydrogen (secondary N) is 1. The lowest BCUT2D eigenvalue weighted by atomic mass is 10.1. The number of carbonyl (C=O) groups is 2. The van der Waals surface area contributed by atoms with E-state index >= 15 is 0 Å². The predicted octanol–water partition coefficient (Wildman–Crippen LogP) is 2.36. The Morgan fingerprint density at radius 3 is 2.36 bits per heavy atom. The van der Waals surface area contributed by atoms with Crippen molar-refractivity contribution >= 4 is 17.5 Å². The normalized spacial score (nSPS) is 17.5. The highest BCUT2D eigenvalue weighted by Crippen LogP contribution is 2.24. The van der Waals surface area contributed by atoms with Gasteiger partial charge >= 0.3 is 0 Å². The molecule has 1 saturated heterocycles. The average Bonchev–Trinajstić information content (AvgIpc) is 2.96. The molecular formula is C18H18N2O2. The third-order valence-electron chi connectivity index (χ3n) is 3.87. The summed E-state index contributed by atoms with van der Waals surface area (Å²) < 4.78 is 0. The lowest BCUT2D eigenvalue weighted by Crippen LogP contribution is -2.32. The first-order chi connectivity index (χ1) is 10.7. The van der Waals surface area contributed by atoms with Crippen molar-refractivity contribution in [1.82, 2.24) is 5.32 Å². The van der Waals surface area contributed by atoms with Crippen molar-refractivity contribution in [2.75, 3.05) is 11.4 Å². The highest BCUT2D eigenvalue weighted by Gasteiger charge is 2.34. The van der Waals surface area contributed by atoms with Crippen LogP contribution < -0.4 is 10.2 Å². The van der Waals surface area contributed by atoms with Gasteiger partial charge in [-0.3, -0.25) is 9.59 Å². The van der Waals surface area contributed by atoms with E-state index in [2.05, 4.69) is 5.32 Å². The van der Waals surface area contributed by atoms with Crippen LogP contribution in [-0.4, -0.2) is 18.4 Å². The zero-order valence-electron chi connectivity index (χ0n) is 12.2. The first kappa shape index (κ1) is 14.3. The van der Waals surface area contributed by atoms with Crippen LogP contribution in [0, 0.1) is 5.92 Å². The molecule has 0 spiro atoms. The summed E-state index contributed by atoms with van der Waals surface area (Å²) in [7, 11) is 0. The molecule has 0 unspecified atom stereocenters. The zero-order valence-corrected chi connectivity index (χ0v) is 12.2. The van der Waals surface area contributed by atoms with Gasteiger partial charge in [-0.15, -0.1) is 0 Å². The molecule has 4 nitrogen and oxygen atoms in total. The first-order valence-corrected chi connectivity index (χ1v) is 7.41. The number of hydrogen-bond donors (Lipinski definition) is 1. The molecule has 112 valence electrons. The topological polar surface area (TPSA) is 49.4 Å².